The molecule has 0 heterocycles. The molecule has 1 aliphatic rings. The van der Waals surface area contributed by atoms with Crippen LogP contribution in [0, 0.1) is 0 Å². The van der Waals surface area contributed by atoms with Gasteiger partial charge in [-0.25, -0.2) is 0 Å². The molecule has 0 atom stereocenters. The van der Waals surface area contributed by atoms with Crippen LogP contribution in [-0.2, 0) is 0 Å². The molecule has 1 amide bonds. The predicted octanol–water partition coefficient (Wildman–Crippen LogP) is 2.21. The number of rotatable bonds is 5. The van der Waals surface area contributed by atoms with Crippen molar-refractivity contribution in [1.82, 2.24) is 5.32 Å². The van der Waals surface area contributed by atoms with Crippen LogP contribution in [0.3, 0.4) is 0 Å². The van der Waals surface area contributed by atoms with Crippen LogP contribution in [0.25, 0.3) is 0 Å². The first kappa shape index (κ1) is 13.0. The van der Waals surface area contributed by atoms with Crippen LogP contribution in [0.5, 0.6) is 11.5 Å². The molecule has 1 aromatic carbocycles. The summed E-state index contributed by atoms with van der Waals surface area (Å²) in [6.45, 7) is 0. The molecular weight excluding hydrogens is 254 g/mol. The van der Waals surface area contributed by atoms with Crippen molar-refractivity contribution < 1.29 is 14.3 Å². The molecule has 0 aliphatic heterocycles. The van der Waals surface area contributed by atoms with E-state index >= 15 is 0 Å². The van der Waals surface area contributed by atoms with E-state index in [1.54, 1.807) is 18.2 Å². The Morgan fingerprint density at radius 2 is 1.89 bits per heavy atom. The van der Waals surface area contributed by atoms with E-state index in [0.717, 1.165) is 12.8 Å². The summed E-state index contributed by atoms with van der Waals surface area (Å²) >= 11 is 5.86. The van der Waals surface area contributed by atoms with Crippen molar-refractivity contribution in [3.63, 3.8) is 0 Å². The van der Waals surface area contributed by atoms with Crippen LogP contribution < -0.4 is 14.8 Å². The van der Waals surface area contributed by atoms with Gasteiger partial charge in [0.25, 0.3) is 5.91 Å². The Bertz CT molecular complexity index is 435. The zero-order valence-electron chi connectivity index (χ0n) is 10.5. The van der Waals surface area contributed by atoms with Gasteiger partial charge in [-0.1, -0.05) is 6.07 Å². The maximum absolute atomic E-state index is 12.3. The summed E-state index contributed by atoms with van der Waals surface area (Å²) in [7, 11) is 3.06. The smallest absolute Gasteiger partial charge is 0.259 e. The first-order valence-electron chi connectivity index (χ1n) is 5.75. The van der Waals surface area contributed by atoms with Crippen LogP contribution in [0.2, 0.25) is 0 Å². The minimum absolute atomic E-state index is 0.206. The number of amides is 1. The highest BCUT2D eigenvalue weighted by Gasteiger charge is 2.43. The van der Waals surface area contributed by atoms with Gasteiger partial charge in [-0.2, -0.15) is 0 Å². The topological polar surface area (TPSA) is 47.6 Å². The normalized spacial score (nSPS) is 15.9. The Morgan fingerprint density at radius 1 is 1.33 bits per heavy atom. The monoisotopic (exact) mass is 269 g/mol. The number of ether oxygens (including phenoxy) is 2. The van der Waals surface area contributed by atoms with Gasteiger partial charge in [-0.05, 0) is 25.0 Å². The number of alkyl halides is 1. The second-order valence-electron chi connectivity index (χ2n) is 4.41. The first-order chi connectivity index (χ1) is 8.65. The maximum Gasteiger partial charge on any atom is 0.259 e. The number of carbonyl (C=O) groups excluding carboxylic acids is 1. The molecule has 1 saturated carbocycles. The van der Waals surface area contributed by atoms with E-state index in [9.17, 15) is 4.79 Å². The SMILES string of the molecule is COc1cccc(OC)c1C(=O)NC1(CCl)CC1. The highest BCUT2D eigenvalue weighted by molar-refractivity contribution is 6.19. The minimum atomic E-state index is -0.246. The molecule has 2 rings (SSSR count). The molecule has 0 saturated heterocycles. The van der Waals surface area contributed by atoms with E-state index < -0.39 is 0 Å². The maximum atomic E-state index is 12.3. The van der Waals surface area contributed by atoms with Gasteiger partial charge in [-0.3, -0.25) is 4.79 Å². The Hall–Kier alpha value is -1.42. The van der Waals surface area contributed by atoms with Gasteiger partial charge in [0.05, 0.1) is 19.8 Å². The molecule has 1 N–H and O–H groups in total. The largest absolute Gasteiger partial charge is 0.496 e. The third kappa shape index (κ3) is 2.38. The molecule has 1 fully saturated rings. The summed E-state index contributed by atoms with van der Waals surface area (Å²) < 4.78 is 10.4. The van der Waals surface area contributed by atoms with Gasteiger partial charge >= 0.3 is 0 Å². The van der Waals surface area contributed by atoms with Crippen molar-refractivity contribution in [1.29, 1.82) is 0 Å². The Kier molecular flexibility index (Phi) is 3.66. The summed E-state index contributed by atoms with van der Waals surface area (Å²) in [5.74, 6) is 1.22. The minimum Gasteiger partial charge on any atom is -0.496 e. The van der Waals surface area contributed by atoms with Crippen LogP contribution in [0.15, 0.2) is 18.2 Å². The van der Waals surface area contributed by atoms with E-state index in [4.69, 9.17) is 21.1 Å². The second kappa shape index (κ2) is 5.06. The highest BCUT2D eigenvalue weighted by atomic mass is 35.5. The summed E-state index contributed by atoms with van der Waals surface area (Å²) in [5, 5.41) is 2.95. The van der Waals surface area contributed by atoms with Crippen LogP contribution >= 0.6 is 11.6 Å². The van der Waals surface area contributed by atoms with Gasteiger partial charge in [0.2, 0.25) is 0 Å². The number of halogens is 1. The number of hydrogen-bond donors (Lipinski definition) is 1. The molecular formula is C13H16ClNO3. The number of nitrogens with one attached hydrogen (secondary N) is 1. The van der Waals surface area contributed by atoms with E-state index in [0.29, 0.717) is 22.9 Å². The summed E-state index contributed by atoms with van der Waals surface area (Å²) in [5.41, 5.74) is 0.170. The van der Waals surface area contributed by atoms with Crippen molar-refractivity contribution in [3.8, 4) is 11.5 Å². The molecule has 5 heteroatoms. The van der Waals surface area contributed by atoms with Gasteiger partial charge in [0.15, 0.2) is 0 Å². The van der Waals surface area contributed by atoms with E-state index in [1.807, 2.05) is 0 Å². The third-order valence-electron chi connectivity index (χ3n) is 3.14. The molecule has 4 nitrogen and oxygen atoms in total. The lowest BCUT2D eigenvalue weighted by atomic mass is 10.1. The number of hydrogen-bond acceptors (Lipinski definition) is 3. The Morgan fingerprint density at radius 3 is 2.28 bits per heavy atom. The van der Waals surface area contributed by atoms with Crippen LogP contribution in [0.4, 0.5) is 0 Å². The Balaban J connectivity index is 2.28. The highest BCUT2D eigenvalue weighted by Crippen LogP contribution is 2.38. The van der Waals surface area contributed by atoms with E-state index in [2.05, 4.69) is 5.32 Å². The lowest BCUT2D eigenvalue weighted by Gasteiger charge is -2.17. The van der Waals surface area contributed by atoms with Gasteiger partial charge in [0, 0.05) is 5.88 Å². The molecule has 0 radical (unpaired) electrons. The van der Waals surface area contributed by atoms with E-state index in [-0.39, 0.29) is 11.4 Å². The van der Waals surface area contributed by atoms with Gasteiger partial charge < -0.3 is 14.8 Å². The molecule has 98 valence electrons. The molecule has 0 bridgehead atoms. The van der Waals surface area contributed by atoms with Crippen LogP contribution in [-0.4, -0.2) is 31.5 Å². The van der Waals surface area contributed by atoms with Gasteiger partial charge in [0.1, 0.15) is 17.1 Å². The van der Waals surface area contributed by atoms with E-state index in [1.165, 1.54) is 14.2 Å². The predicted molar refractivity (Wildman–Crippen MR) is 69.7 cm³/mol. The quantitative estimate of drug-likeness (QED) is 0.834. The molecule has 0 spiro atoms. The lowest BCUT2D eigenvalue weighted by Crippen LogP contribution is -2.38. The van der Waals surface area contributed by atoms with Crippen LogP contribution in [0.1, 0.15) is 23.2 Å². The fraction of sp³-hybridized carbons (Fsp3) is 0.462. The molecule has 0 unspecified atom stereocenters. The number of carbonyl (C=O) groups is 1. The average molecular weight is 270 g/mol. The summed E-state index contributed by atoms with van der Waals surface area (Å²) in [6, 6.07) is 5.25. The summed E-state index contributed by atoms with van der Waals surface area (Å²) in [6.07, 6.45) is 1.83. The van der Waals surface area contributed by atoms with Crippen molar-refractivity contribution in [2.24, 2.45) is 0 Å². The molecule has 0 aromatic heterocycles. The van der Waals surface area contributed by atoms with Gasteiger partial charge in [-0.15, -0.1) is 11.6 Å². The molecule has 18 heavy (non-hydrogen) atoms. The zero-order chi connectivity index (χ0) is 13.2. The van der Waals surface area contributed by atoms with Crippen molar-refractivity contribution >= 4 is 17.5 Å². The number of methoxy groups -OCH3 is 2. The first-order valence-corrected chi connectivity index (χ1v) is 6.29. The zero-order valence-corrected chi connectivity index (χ0v) is 11.2. The lowest BCUT2D eigenvalue weighted by molar-refractivity contribution is 0.0929. The fourth-order valence-electron chi connectivity index (χ4n) is 1.82. The second-order valence-corrected chi connectivity index (χ2v) is 4.67. The fourth-order valence-corrected chi connectivity index (χ4v) is 2.16. The van der Waals surface area contributed by atoms with Crippen molar-refractivity contribution in [2.45, 2.75) is 18.4 Å². The van der Waals surface area contributed by atoms with Crippen molar-refractivity contribution in [3.05, 3.63) is 23.8 Å². The molecule has 1 aliphatic carbocycles. The summed E-state index contributed by atoms with van der Waals surface area (Å²) in [4.78, 5) is 12.3. The Labute approximate surface area is 111 Å². The third-order valence-corrected chi connectivity index (χ3v) is 3.65. The van der Waals surface area contributed by atoms with Crippen molar-refractivity contribution in [2.75, 3.05) is 20.1 Å². The average Bonchev–Trinajstić information content (AvgIpc) is 3.17. The molecule has 1 aromatic rings. The standard InChI is InChI=1S/C13H16ClNO3/c1-17-9-4-3-5-10(18-2)11(9)12(16)15-13(8-14)6-7-13/h3-5H,6-8H2,1-2H3,(H,15,16). The number of benzene rings is 1.